The van der Waals surface area contributed by atoms with Crippen LogP contribution in [0.2, 0.25) is 0 Å². The molecule has 22 heavy (non-hydrogen) atoms. The standard InChI is InChI=1S/C13H8F3N3OS2/c14-13(15,16)9-5-21-10-2-1-7(3-8(9)10)4-17-19-12-18-11(20)6-22-12/h1-5H,6H2,(H,18,19,20). The van der Waals surface area contributed by atoms with Crippen molar-refractivity contribution in [1.82, 2.24) is 5.32 Å². The van der Waals surface area contributed by atoms with Crippen molar-refractivity contribution in [3.05, 3.63) is 34.7 Å². The lowest BCUT2D eigenvalue weighted by Crippen LogP contribution is -2.19. The Balaban J connectivity index is 1.87. The van der Waals surface area contributed by atoms with E-state index in [2.05, 4.69) is 15.5 Å². The van der Waals surface area contributed by atoms with E-state index in [0.717, 1.165) is 16.7 Å². The minimum atomic E-state index is -4.38. The number of benzene rings is 1. The maximum absolute atomic E-state index is 12.9. The van der Waals surface area contributed by atoms with Crippen LogP contribution in [0.15, 0.2) is 33.8 Å². The number of rotatable bonds is 2. The molecular formula is C13H8F3N3OS2. The summed E-state index contributed by atoms with van der Waals surface area (Å²) in [5, 5.41) is 11.7. The quantitative estimate of drug-likeness (QED) is 0.670. The Labute approximate surface area is 131 Å². The summed E-state index contributed by atoms with van der Waals surface area (Å²) in [7, 11) is 0. The molecule has 0 radical (unpaired) electrons. The van der Waals surface area contributed by atoms with Crippen LogP contribution in [0.25, 0.3) is 10.1 Å². The van der Waals surface area contributed by atoms with Crippen molar-refractivity contribution in [2.45, 2.75) is 6.18 Å². The number of carbonyl (C=O) groups is 1. The number of halogens is 3. The number of thiophene rings is 1. The molecule has 9 heteroatoms. The fraction of sp³-hybridized carbons (Fsp3) is 0.154. The molecule has 0 saturated carbocycles. The first kappa shape index (κ1) is 15.0. The largest absolute Gasteiger partial charge is 0.417 e. The van der Waals surface area contributed by atoms with Gasteiger partial charge in [0.05, 0.1) is 17.5 Å². The van der Waals surface area contributed by atoms with Crippen molar-refractivity contribution in [3.63, 3.8) is 0 Å². The van der Waals surface area contributed by atoms with Gasteiger partial charge in [-0.25, -0.2) is 0 Å². The van der Waals surface area contributed by atoms with Gasteiger partial charge < -0.3 is 5.32 Å². The van der Waals surface area contributed by atoms with Crippen LogP contribution in [-0.4, -0.2) is 23.0 Å². The molecule has 1 aliphatic rings. The molecule has 0 bridgehead atoms. The lowest BCUT2D eigenvalue weighted by atomic mass is 10.1. The maximum Gasteiger partial charge on any atom is 0.417 e. The Morgan fingerprint density at radius 1 is 1.32 bits per heavy atom. The summed E-state index contributed by atoms with van der Waals surface area (Å²) in [6.45, 7) is 0. The lowest BCUT2D eigenvalue weighted by molar-refractivity contribution is -0.136. The minimum Gasteiger partial charge on any atom is -0.303 e. The van der Waals surface area contributed by atoms with E-state index in [1.807, 2.05) is 0 Å². The molecule has 1 aromatic carbocycles. The van der Waals surface area contributed by atoms with Crippen molar-refractivity contribution in [3.8, 4) is 0 Å². The molecule has 114 valence electrons. The average Bonchev–Trinajstić information content (AvgIpc) is 3.04. The highest BCUT2D eigenvalue weighted by Gasteiger charge is 2.33. The van der Waals surface area contributed by atoms with Gasteiger partial charge in [0, 0.05) is 15.5 Å². The molecule has 3 rings (SSSR count). The number of carbonyl (C=O) groups excluding carboxylic acids is 1. The zero-order valence-corrected chi connectivity index (χ0v) is 12.5. The average molecular weight is 343 g/mol. The second kappa shape index (κ2) is 5.73. The summed E-state index contributed by atoms with van der Waals surface area (Å²) in [4.78, 5) is 11.0. The molecule has 2 aromatic rings. The Bertz CT molecular complexity index is 795. The number of amides is 1. The number of thioether (sulfide) groups is 1. The predicted molar refractivity (Wildman–Crippen MR) is 82.5 cm³/mol. The highest BCUT2D eigenvalue weighted by Crippen LogP contribution is 2.38. The van der Waals surface area contributed by atoms with Gasteiger partial charge in [-0.05, 0) is 17.7 Å². The van der Waals surface area contributed by atoms with E-state index in [1.54, 1.807) is 12.1 Å². The molecule has 4 nitrogen and oxygen atoms in total. The summed E-state index contributed by atoms with van der Waals surface area (Å²) in [6.07, 6.45) is -3.02. The van der Waals surface area contributed by atoms with Gasteiger partial charge in [-0.2, -0.15) is 18.3 Å². The highest BCUT2D eigenvalue weighted by molar-refractivity contribution is 8.15. The molecule has 0 unspecified atom stereocenters. The van der Waals surface area contributed by atoms with E-state index in [9.17, 15) is 18.0 Å². The molecular weight excluding hydrogens is 335 g/mol. The first-order chi connectivity index (χ1) is 10.4. The Morgan fingerprint density at radius 2 is 2.14 bits per heavy atom. The van der Waals surface area contributed by atoms with Crippen LogP contribution >= 0.6 is 23.1 Å². The first-order valence-corrected chi connectivity index (χ1v) is 7.92. The molecule has 1 fully saturated rings. The minimum absolute atomic E-state index is 0.145. The lowest BCUT2D eigenvalue weighted by Gasteiger charge is -2.04. The number of nitrogens with one attached hydrogen (secondary N) is 1. The van der Waals surface area contributed by atoms with Crippen LogP contribution in [-0.2, 0) is 11.0 Å². The maximum atomic E-state index is 12.9. The Morgan fingerprint density at radius 3 is 2.82 bits per heavy atom. The van der Waals surface area contributed by atoms with Crippen LogP contribution in [0.3, 0.4) is 0 Å². The normalized spacial score (nSPS) is 17.8. The smallest absolute Gasteiger partial charge is 0.303 e. The third kappa shape index (κ3) is 3.14. The van der Waals surface area contributed by atoms with E-state index in [1.165, 1.54) is 24.0 Å². The topological polar surface area (TPSA) is 53.8 Å². The Kier molecular flexibility index (Phi) is 3.92. The van der Waals surface area contributed by atoms with Crippen LogP contribution in [0.1, 0.15) is 11.1 Å². The molecule has 1 aliphatic heterocycles. The van der Waals surface area contributed by atoms with E-state index in [4.69, 9.17) is 0 Å². The molecule has 0 aliphatic carbocycles. The summed E-state index contributed by atoms with van der Waals surface area (Å²) in [5.74, 6) is 0.151. The van der Waals surface area contributed by atoms with E-state index in [-0.39, 0.29) is 11.3 Å². The fourth-order valence-electron chi connectivity index (χ4n) is 1.87. The summed E-state index contributed by atoms with van der Waals surface area (Å²) >= 11 is 2.27. The number of fused-ring (bicyclic) bond motifs is 1. The van der Waals surface area contributed by atoms with Crippen LogP contribution in [0.5, 0.6) is 0 Å². The third-order valence-electron chi connectivity index (χ3n) is 2.84. The highest BCUT2D eigenvalue weighted by atomic mass is 32.2. The predicted octanol–water partition coefficient (Wildman–Crippen LogP) is 3.47. The number of alkyl halides is 3. The van der Waals surface area contributed by atoms with Gasteiger partial charge in [0.25, 0.3) is 0 Å². The molecule has 1 saturated heterocycles. The monoisotopic (exact) mass is 343 g/mol. The zero-order chi connectivity index (χ0) is 15.7. The summed E-state index contributed by atoms with van der Waals surface area (Å²) in [5.41, 5.74) is -0.136. The van der Waals surface area contributed by atoms with Crippen LogP contribution in [0, 0.1) is 0 Å². The van der Waals surface area contributed by atoms with Gasteiger partial charge >= 0.3 is 6.18 Å². The van der Waals surface area contributed by atoms with Crippen LogP contribution < -0.4 is 5.32 Å². The van der Waals surface area contributed by atoms with Gasteiger partial charge in [-0.15, -0.1) is 16.4 Å². The Hall–Kier alpha value is -1.87. The van der Waals surface area contributed by atoms with Gasteiger partial charge in [-0.3, -0.25) is 4.79 Å². The SMILES string of the molecule is O=C1CSC(=NN=Cc2ccc3scc(C(F)(F)F)c3c2)N1. The van der Waals surface area contributed by atoms with Gasteiger partial charge in [-0.1, -0.05) is 17.8 Å². The summed E-state index contributed by atoms with van der Waals surface area (Å²) < 4.78 is 39.2. The van der Waals surface area contributed by atoms with E-state index >= 15 is 0 Å². The van der Waals surface area contributed by atoms with Gasteiger partial charge in [0.2, 0.25) is 5.91 Å². The van der Waals surface area contributed by atoms with Crippen molar-refractivity contribution in [2.24, 2.45) is 10.2 Å². The fourth-order valence-corrected chi connectivity index (χ4v) is 3.45. The van der Waals surface area contributed by atoms with Crippen LogP contribution in [0.4, 0.5) is 13.2 Å². The second-order valence-electron chi connectivity index (χ2n) is 4.39. The first-order valence-electron chi connectivity index (χ1n) is 6.05. The summed E-state index contributed by atoms with van der Waals surface area (Å²) in [6, 6.07) is 4.72. The van der Waals surface area contributed by atoms with Crippen molar-refractivity contribution in [2.75, 3.05) is 5.75 Å². The third-order valence-corrected chi connectivity index (χ3v) is 4.67. The van der Waals surface area contributed by atoms with Crippen molar-refractivity contribution >= 4 is 50.5 Å². The number of hydrogen-bond acceptors (Lipinski definition) is 5. The van der Waals surface area contributed by atoms with Crippen molar-refractivity contribution < 1.29 is 18.0 Å². The number of hydrogen-bond donors (Lipinski definition) is 1. The number of nitrogens with zero attached hydrogens (tertiary/aromatic N) is 2. The molecule has 0 spiro atoms. The molecule has 1 N–H and O–H groups in total. The molecule has 0 atom stereocenters. The molecule has 2 heterocycles. The second-order valence-corrected chi connectivity index (χ2v) is 6.26. The van der Waals surface area contributed by atoms with Crippen molar-refractivity contribution in [1.29, 1.82) is 0 Å². The molecule has 1 aromatic heterocycles. The van der Waals surface area contributed by atoms with Gasteiger partial charge in [0.15, 0.2) is 5.17 Å². The number of amidine groups is 1. The van der Waals surface area contributed by atoms with E-state index < -0.39 is 11.7 Å². The van der Waals surface area contributed by atoms with E-state index in [0.29, 0.717) is 21.2 Å². The zero-order valence-electron chi connectivity index (χ0n) is 10.8. The molecule has 1 amide bonds. The van der Waals surface area contributed by atoms with Gasteiger partial charge in [0.1, 0.15) is 0 Å².